The van der Waals surface area contributed by atoms with Crippen molar-refractivity contribution in [1.29, 1.82) is 0 Å². The van der Waals surface area contributed by atoms with Crippen LogP contribution in [0.25, 0.3) is 0 Å². The van der Waals surface area contributed by atoms with Gasteiger partial charge in [-0.3, -0.25) is 4.79 Å². The van der Waals surface area contributed by atoms with Gasteiger partial charge in [0.05, 0.1) is 6.10 Å². The van der Waals surface area contributed by atoms with Crippen molar-refractivity contribution in [3.8, 4) is 11.5 Å². The van der Waals surface area contributed by atoms with E-state index in [1.807, 2.05) is 32.9 Å². The quantitative estimate of drug-likeness (QED) is 0.817. The largest absolute Gasteiger partial charge is 0.491 e. The zero-order valence-electron chi connectivity index (χ0n) is 14.1. The van der Waals surface area contributed by atoms with Crippen LogP contribution in [0.3, 0.4) is 0 Å². The van der Waals surface area contributed by atoms with Crippen LogP contribution in [0.1, 0.15) is 27.2 Å². The van der Waals surface area contributed by atoms with Crippen molar-refractivity contribution in [2.24, 2.45) is 0 Å². The van der Waals surface area contributed by atoms with E-state index in [0.717, 1.165) is 0 Å². The molecule has 128 valence electrons. The molecule has 1 N–H and O–H groups in total. The first-order valence-corrected chi connectivity index (χ1v) is 7.97. The average molecular weight is 331 g/mol. The number of benzene rings is 2. The third-order valence-corrected chi connectivity index (χ3v) is 3.23. The minimum atomic E-state index is -0.662. The van der Waals surface area contributed by atoms with Gasteiger partial charge in [-0.25, -0.2) is 4.39 Å². The molecule has 2 aromatic rings. The Bertz CT molecular complexity index is 671. The van der Waals surface area contributed by atoms with Crippen LogP contribution < -0.4 is 14.8 Å². The molecule has 0 saturated heterocycles. The summed E-state index contributed by atoms with van der Waals surface area (Å²) in [5.74, 6) is 0.538. The second-order valence-corrected chi connectivity index (χ2v) is 5.65. The number of hydrogen-bond donors (Lipinski definition) is 1. The monoisotopic (exact) mass is 331 g/mol. The predicted octanol–water partition coefficient (Wildman–Crippen LogP) is 4.41. The van der Waals surface area contributed by atoms with Crippen LogP contribution >= 0.6 is 0 Å². The van der Waals surface area contributed by atoms with E-state index in [4.69, 9.17) is 9.47 Å². The molecule has 5 heteroatoms. The molecule has 0 aliphatic rings. The topological polar surface area (TPSA) is 47.6 Å². The maximum Gasteiger partial charge on any atom is 0.265 e. The molecule has 0 aromatic heterocycles. The van der Waals surface area contributed by atoms with Crippen molar-refractivity contribution in [1.82, 2.24) is 0 Å². The summed E-state index contributed by atoms with van der Waals surface area (Å²) >= 11 is 0. The Kier molecular flexibility index (Phi) is 6.18. The van der Waals surface area contributed by atoms with Gasteiger partial charge < -0.3 is 14.8 Å². The third kappa shape index (κ3) is 5.26. The molecule has 0 fully saturated rings. The Hall–Kier alpha value is -2.56. The molecule has 0 aliphatic heterocycles. The van der Waals surface area contributed by atoms with Gasteiger partial charge in [0.2, 0.25) is 0 Å². The van der Waals surface area contributed by atoms with Gasteiger partial charge in [0.1, 0.15) is 17.3 Å². The molecule has 2 rings (SSSR count). The van der Waals surface area contributed by atoms with Crippen molar-refractivity contribution in [3.63, 3.8) is 0 Å². The van der Waals surface area contributed by atoms with Gasteiger partial charge in [-0.15, -0.1) is 0 Å². The number of carbonyl (C=O) groups is 1. The van der Waals surface area contributed by atoms with Crippen LogP contribution in [0.5, 0.6) is 11.5 Å². The number of nitrogens with one attached hydrogen (secondary N) is 1. The zero-order valence-corrected chi connectivity index (χ0v) is 14.1. The second-order valence-electron chi connectivity index (χ2n) is 5.65. The molecule has 0 unspecified atom stereocenters. The van der Waals surface area contributed by atoms with Crippen LogP contribution in [0.4, 0.5) is 10.1 Å². The van der Waals surface area contributed by atoms with Crippen molar-refractivity contribution in [2.75, 3.05) is 5.32 Å². The lowest BCUT2D eigenvalue weighted by Gasteiger charge is -2.18. The minimum absolute atomic E-state index is 0.0566. The summed E-state index contributed by atoms with van der Waals surface area (Å²) in [5.41, 5.74) is 0.638. The highest BCUT2D eigenvalue weighted by atomic mass is 19.1. The van der Waals surface area contributed by atoms with E-state index in [9.17, 15) is 9.18 Å². The first-order chi connectivity index (χ1) is 11.5. The van der Waals surface area contributed by atoms with Crippen molar-refractivity contribution < 1.29 is 18.7 Å². The van der Waals surface area contributed by atoms with Gasteiger partial charge in [-0.1, -0.05) is 13.0 Å². The number of carbonyl (C=O) groups excluding carboxylic acids is 1. The van der Waals surface area contributed by atoms with E-state index >= 15 is 0 Å². The Labute approximate surface area is 141 Å². The van der Waals surface area contributed by atoms with Crippen molar-refractivity contribution in [3.05, 3.63) is 54.3 Å². The fourth-order valence-corrected chi connectivity index (χ4v) is 2.14. The summed E-state index contributed by atoms with van der Waals surface area (Å²) in [6, 6.07) is 12.8. The van der Waals surface area contributed by atoms with Gasteiger partial charge in [0.25, 0.3) is 5.91 Å². The molecular formula is C19H22FNO3. The molecular weight excluding hydrogens is 309 g/mol. The average Bonchev–Trinajstić information content (AvgIpc) is 2.54. The SMILES string of the molecule is CC[C@@H](Oc1ccc(F)cc1)C(=O)Nc1cccc(OC(C)C)c1. The molecule has 1 amide bonds. The molecule has 0 heterocycles. The molecule has 0 radical (unpaired) electrons. The van der Waals surface area contributed by atoms with E-state index in [-0.39, 0.29) is 17.8 Å². The minimum Gasteiger partial charge on any atom is -0.491 e. The zero-order chi connectivity index (χ0) is 17.5. The molecule has 0 spiro atoms. The summed E-state index contributed by atoms with van der Waals surface area (Å²) in [7, 11) is 0. The molecule has 4 nitrogen and oxygen atoms in total. The molecule has 0 saturated carbocycles. The van der Waals surface area contributed by atoms with Gasteiger partial charge in [-0.05, 0) is 56.7 Å². The molecule has 0 bridgehead atoms. The number of halogens is 1. The lowest BCUT2D eigenvalue weighted by Crippen LogP contribution is -2.32. The summed E-state index contributed by atoms with van der Waals surface area (Å²) in [4.78, 5) is 12.4. The maximum absolute atomic E-state index is 12.9. The number of hydrogen-bond acceptors (Lipinski definition) is 3. The molecule has 24 heavy (non-hydrogen) atoms. The first kappa shape index (κ1) is 17.8. The number of rotatable bonds is 7. The van der Waals surface area contributed by atoms with Crippen molar-refractivity contribution >= 4 is 11.6 Å². The highest BCUT2D eigenvalue weighted by Crippen LogP contribution is 2.20. The van der Waals surface area contributed by atoms with Crippen LogP contribution in [-0.2, 0) is 4.79 Å². The fraction of sp³-hybridized carbons (Fsp3) is 0.316. The Morgan fingerprint density at radius 3 is 2.42 bits per heavy atom. The highest BCUT2D eigenvalue weighted by molar-refractivity contribution is 5.94. The summed E-state index contributed by atoms with van der Waals surface area (Å²) in [6.45, 7) is 5.73. The Balaban J connectivity index is 2.02. The predicted molar refractivity (Wildman–Crippen MR) is 91.9 cm³/mol. The maximum atomic E-state index is 12.9. The van der Waals surface area contributed by atoms with Crippen LogP contribution in [0.15, 0.2) is 48.5 Å². The molecule has 0 aliphatic carbocycles. The van der Waals surface area contributed by atoms with E-state index in [2.05, 4.69) is 5.32 Å². The summed E-state index contributed by atoms with van der Waals surface area (Å²) in [5, 5.41) is 2.82. The van der Waals surface area contributed by atoms with Gasteiger partial charge in [-0.2, -0.15) is 0 Å². The van der Waals surface area contributed by atoms with Gasteiger partial charge in [0, 0.05) is 11.8 Å². The van der Waals surface area contributed by atoms with E-state index in [1.165, 1.54) is 24.3 Å². The Morgan fingerprint density at radius 1 is 1.08 bits per heavy atom. The van der Waals surface area contributed by atoms with E-state index in [0.29, 0.717) is 23.6 Å². The second kappa shape index (κ2) is 8.34. The normalized spacial score (nSPS) is 11.9. The lowest BCUT2D eigenvalue weighted by atomic mass is 10.2. The highest BCUT2D eigenvalue weighted by Gasteiger charge is 2.18. The summed E-state index contributed by atoms with van der Waals surface area (Å²) < 4.78 is 24.2. The van der Waals surface area contributed by atoms with Crippen LogP contribution in [0, 0.1) is 5.82 Å². The number of ether oxygens (including phenoxy) is 2. The lowest BCUT2D eigenvalue weighted by molar-refractivity contribution is -0.122. The number of anilines is 1. The fourth-order valence-electron chi connectivity index (χ4n) is 2.14. The third-order valence-electron chi connectivity index (χ3n) is 3.23. The summed E-state index contributed by atoms with van der Waals surface area (Å²) in [6.07, 6.45) is -0.114. The Morgan fingerprint density at radius 2 is 1.79 bits per heavy atom. The van der Waals surface area contributed by atoms with E-state index < -0.39 is 6.10 Å². The first-order valence-electron chi connectivity index (χ1n) is 7.97. The van der Waals surface area contributed by atoms with Gasteiger partial charge in [0.15, 0.2) is 6.10 Å². The van der Waals surface area contributed by atoms with Gasteiger partial charge >= 0.3 is 0 Å². The standard InChI is InChI=1S/C19H22FNO3/c1-4-18(24-16-10-8-14(20)9-11-16)19(22)21-15-6-5-7-17(12-15)23-13(2)3/h5-13,18H,4H2,1-3H3,(H,21,22)/t18-/m1/s1. The van der Waals surface area contributed by atoms with E-state index in [1.54, 1.807) is 12.1 Å². The molecule has 2 aromatic carbocycles. The molecule has 1 atom stereocenters. The number of amides is 1. The smallest absolute Gasteiger partial charge is 0.265 e. The van der Waals surface area contributed by atoms with Crippen LogP contribution in [-0.4, -0.2) is 18.1 Å². The van der Waals surface area contributed by atoms with Crippen LogP contribution in [0.2, 0.25) is 0 Å². The van der Waals surface area contributed by atoms with Crippen molar-refractivity contribution in [2.45, 2.75) is 39.4 Å².